The fraction of sp³-hybridized carbons (Fsp3) is 0.615. The molecule has 0 aliphatic heterocycles. The summed E-state index contributed by atoms with van der Waals surface area (Å²) in [5, 5.41) is 2.81. The molecule has 0 radical (unpaired) electrons. The van der Waals surface area contributed by atoms with Crippen molar-refractivity contribution in [3.63, 3.8) is 0 Å². The molecular formula is C13H18ClF3N2S. The summed E-state index contributed by atoms with van der Waals surface area (Å²) in [6.07, 6.45) is -0.578. The van der Waals surface area contributed by atoms with E-state index in [9.17, 15) is 13.2 Å². The van der Waals surface area contributed by atoms with Gasteiger partial charge in [0, 0.05) is 11.3 Å². The van der Waals surface area contributed by atoms with Crippen LogP contribution in [0.1, 0.15) is 32.3 Å². The minimum Gasteiger partial charge on any atom is -0.369 e. The van der Waals surface area contributed by atoms with Crippen molar-refractivity contribution < 1.29 is 13.2 Å². The van der Waals surface area contributed by atoms with Gasteiger partial charge in [-0.15, -0.1) is 0 Å². The Kier molecular flexibility index (Phi) is 6.01. The molecule has 0 aliphatic rings. The fourth-order valence-electron chi connectivity index (χ4n) is 1.86. The predicted molar refractivity (Wildman–Crippen MR) is 79.6 cm³/mol. The van der Waals surface area contributed by atoms with Gasteiger partial charge in [0.1, 0.15) is 11.0 Å². The Morgan fingerprint density at radius 3 is 2.30 bits per heavy atom. The van der Waals surface area contributed by atoms with Gasteiger partial charge in [-0.2, -0.15) is 24.9 Å². The molecule has 0 saturated carbocycles. The van der Waals surface area contributed by atoms with Crippen molar-refractivity contribution in [2.24, 2.45) is 0 Å². The molecule has 1 aromatic rings. The maximum Gasteiger partial charge on any atom is 0.416 e. The molecule has 0 aromatic carbocycles. The second kappa shape index (κ2) is 6.89. The third-order valence-electron chi connectivity index (χ3n) is 3.43. The molecule has 20 heavy (non-hydrogen) atoms. The van der Waals surface area contributed by atoms with Crippen molar-refractivity contribution in [3.05, 3.63) is 22.8 Å². The van der Waals surface area contributed by atoms with Gasteiger partial charge < -0.3 is 5.32 Å². The second-order valence-corrected chi connectivity index (χ2v) is 6.17. The van der Waals surface area contributed by atoms with Gasteiger partial charge in [0.2, 0.25) is 0 Å². The van der Waals surface area contributed by atoms with Gasteiger partial charge >= 0.3 is 6.18 Å². The molecule has 1 heterocycles. The van der Waals surface area contributed by atoms with Crippen LogP contribution < -0.4 is 5.32 Å². The molecule has 1 aromatic heterocycles. The Hall–Kier alpha value is -0.620. The lowest BCUT2D eigenvalue weighted by molar-refractivity contribution is -0.137. The van der Waals surface area contributed by atoms with Gasteiger partial charge in [0.15, 0.2) is 0 Å². The average molecular weight is 327 g/mol. The van der Waals surface area contributed by atoms with Crippen molar-refractivity contribution in [2.75, 3.05) is 18.1 Å². The molecule has 0 bridgehead atoms. The van der Waals surface area contributed by atoms with Crippen LogP contribution in [0.4, 0.5) is 19.0 Å². The van der Waals surface area contributed by atoms with Gasteiger partial charge in [0.25, 0.3) is 0 Å². The van der Waals surface area contributed by atoms with Crippen LogP contribution in [0.3, 0.4) is 0 Å². The number of anilines is 1. The number of rotatable bonds is 6. The molecule has 0 spiro atoms. The van der Waals surface area contributed by atoms with Crippen LogP contribution >= 0.6 is 23.4 Å². The molecule has 0 unspecified atom stereocenters. The smallest absolute Gasteiger partial charge is 0.369 e. The molecule has 2 nitrogen and oxygen atoms in total. The zero-order chi connectivity index (χ0) is 15.4. The molecule has 0 saturated heterocycles. The lowest BCUT2D eigenvalue weighted by Gasteiger charge is -2.30. The summed E-state index contributed by atoms with van der Waals surface area (Å²) < 4.78 is 38.1. The van der Waals surface area contributed by atoms with Crippen molar-refractivity contribution >= 4 is 29.2 Å². The van der Waals surface area contributed by atoms with Crippen LogP contribution in [0.25, 0.3) is 0 Å². The number of hydrogen-bond donors (Lipinski definition) is 1. The minimum atomic E-state index is -4.42. The third kappa shape index (κ3) is 4.45. The molecule has 1 rings (SSSR count). The van der Waals surface area contributed by atoms with Crippen molar-refractivity contribution in [1.82, 2.24) is 4.98 Å². The summed E-state index contributed by atoms with van der Waals surface area (Å²) in [6, 6.07) is 1.82. The highest BCUT2D eigenvalue weighted by atomic mass is 35.5. The van der Waals surface area contributed by atoms with Gasteiger partial charge in [0.05, 0.1) is 5.56 Å². The highest BCUT2D eigenvalue weighted by Gasteiger charge is 2.32. The zero-order valence-electron chi connectivity index (χ0n) is 11.6. The van der Waals surface area contributed by atoms with E-state index in [0.29, 0.717) is 6.54 Å². The molecular weight excluding hydrogens is 309 g/mol. The van der Waals surface area contributed by atoms with Gasteiger partial charge in [-0.25, -0.2) is 4.98 Å². The summed E-state index contributed by atoms with van der Waals surface area (Å²) in [6.45, 7) is 4.67. The van der Waals surface area contributed by atoms with Crippen molar-refractivity contribution in [2.45, 2.75) is 37.6 Å². The van der Waals surface area contributed by atoms with E-state index in [2.05, 4.69) is 24.1 Å². The maximum atomic E-state index is 12.7. The first-order chi connectivity index (χ1) is 9.26. The van der Waals surface area contributed by atoms with E-state index in [1.165, 1.54) is 0 Å². The molecule has 0 atom stereocenters. The van der Waals surface area contributed by atoms with Crippen molar-refractivity contribution in [1.29, 1.82) is 0 Å². The number of thioether (sulfide) groups is 1. The molecule has 0 aliphatic carbocycles. The lowest BCUT2D eigenvalue weighted by atomic mass is 10.0. The maximum absolute atomic E-state index is 12.7. The lowest BCUT2D eigenvalue weighted by Crippen LogP contribution is -2.32. The number of pyridine rings is 1. The molecule has 114 valence electrons. The summed E-state index contributed by atoms with van der Waals surface area (Å²) in [5.41, 5.74) is -0.789. The summed E-state index contributed by atoms with van der Waals surface area (Å²) >= 11 is 7.36. The van der Waals surface area contributed by atoms with E-state index in [0.717, 1.165) is 25.0 Å². The van der Waals surface area contributed by atoms with E-state index >= 15 is 0 Å². The molecule has 1 N–H and O–H groups in total. The van der Waals surface area contributed by atoms with Crippen LogP contribution in [0.5, 0.6) is 0 Å². The monoisotopic (exact) mass is 326 g/mol. The quantitative estimate of drug-likeness (QED) is 0.737. The molecule has 7 heteroatoms. The second-order valence-electron chi connectivity index (χ2n) is 4.51. The Labute approximate surface area is 126 Å². The number of hydrogen-bond acceptors (Lipinski definition) is 3. The van der Waals surface area contributed by atoms with Crippen LogP contribution in [0, 0.1) is 0 Å². The predicted octanol–water partition coefficient (Wildman–Crippen LogP) is 5.09. The Morgan fingerprint density at radius 1 is 1.25 bits per heavy atom. The van der Waals surface area contributed by atoms with Crippen LogP contribution in [-0.4, -0.2) is 22.5 Å². The summed E-state index contributed by atoms with van der Waals surface area (Å²) in [4.78, 5) is 3.90. The van der Waals surface area contributed by atoms with E-state index in [1.807, 2.05) is 6.26 Å². The number of nitrogens with zero attached hydrogens (tertiary/aromatic N) is 1. The highest BCUT2D eigenvalue weighted by Crippen LogP contribution is 2.33. The van der Waals surface area contributed by atoms with E-state index in [4.69, 9.17) is 11.6 Å². The zero-order valence-corrected chi connectivity index (χ0v) is 13.2. The summed E-state index contributed by atoms with van der Waals surface area (Å²) in [5.74, 6) is 0.158. The van der Waals surface area contributed by atoms with Crippen LogP contribution in [0.15, 0.2) is 12.1 Å². The topological polar surface area (TPSA) is 24.9 Å². The number of nitrogens with one attached hydrogen (secondary N) is 1. The molecule has 0 fully saturated rings. The Morgan fingerprint density at radius 2 is 1.85 bits per heavy atom. The highest BCUT2D eigenvalue weighted by molar-refractivity contribution is 8.00. The molecule has 0 amide bonds. The average Bonchev–Trinajstić information content (AvgIpc) is 2.39. The minimum absolute atomic E-state index is 0.0115. The van der Waals surface area contributed by atoms with E-state index in [-0.39, 0.29) is 15.7 Å². The standard InChI is InChI=1S/C13H18ClF3N2S/c1-4-12(5-2,20-3)8-18-11-7-9(13(15,16)17)6-10(14)19-11/h6-7H,4-5,8H2,1-3H3,(H,18,19). The Balaban J connectivity index is 2.91. The normalized spacial score (nSPS) is 12.6. The number of halogens is 4. The number of alkyl halides is 3. The van der Waals surface area contributed by atoms with Gasteiger partial charge in [-0.3, -0.25) is 0 Å². The first-order valence-electron chi connectivity index (χ1n) is 6.30. The SMILES string of the molecule is CCC(CC)(CNc1cc(C(F)(F)F)cc(Cl)n1)SC. The first-order valence-corrected chi connectivity index (χ1v) is 7.90. The first kappa shape index (κ1) is 17.4. The summed E-state index contributed by atoms with van der Waals surface area (Å²) in [7, 11) is 0. The largest absolute Gasteiger partial charge is 0.416 e. The Bertz CT molecular complexity index is 439. The van der Waals surface area contributed by atoms with Gasteiger partial charge in [-0.05, 0) is 31.2 Å². The third-order valence-corrected chi connectivity index (χ3v) is 5.22. The van der Waals surface area contributed by atoms with E-state index < -0.39 is 11.7 Å². The van der Waals surface area contributed by atoms with Crippen LogP contribution in [-0.2, 0) is 6.18 Å². The fourth-order valence-corrected chi connectivity index (χ4v) is 2.87. The van der Waals surface area contributed by atoms with Crippen molar-refractivity contribution in [3.8, 4) is 0 Å². The van der Waals surface area contributed by atoms with Gasteiger partial charge in [-0.1, -0.05) is 25.4 Å². The van der Waals surface area contributed by atoms with Crippen LogP contribution in [0.2, 0.25) is 5.15 Å². The van der Waals surface area contributed by atoms with E-state index in [1.54, 1.807) is 11.8 Å². The number of aromatic nitrogens is 1.